The first-order chi connectivity index (χ1) is 12.8. The van der Waals surface area contributed by atoms with Crippen molar-refractivity contribution >= 4 is 27.6 Å². The van der Waals surface area contributed by atoms with Crippen LogP contribution in [0.1, 0.15) is 18.1 Å². The number of benzene rings is 2. The summed E-state index contributed by atoms with van der Waals surface area (Å²) >= 11 is 0. The topological polar surface area (TPSA) is 106 Å². The van der Waals surface area contributed by atoms with Crippen molar-refractivity contribution in [3.8, 4) is 0 Å². The Balaban J connectivity index is 1.71. The fourth-order valence-electron chi connectivity index (χ4n) is 2.51. The predicted octanol–water partition coefficient (Wildman–Crippen LogP) is 2.39. The maximum Gasteiger partial charge on any atom is 0.264 e. The van der Waals surface area contributed by atoms with Gasteiger partial charge in [-0.1, -0.05) is 29.8 Å². The van der Waals surface area contributed by atoms with Gasteiger partial charge in [0.2, 0.25) is 5.91 Å². The van der Waals surface area contributed by atoms with E-state index in [-0.39, 0.29) is 16.8 Å². The van der Waals surface area contributed by atoms with E-state index in [1.165, 1.54) is 37.5 Å². The number of hydrogen-bond acceptors (Lipinski definition) is 5. The minimum atomic E-state index is -3.83. The van der Waals surface area contributed by atoms with Crippen LogP contribution in [-0.4, -0.2) is 29.1 Å². The molecule has 8 nitrogen and oxygen atoms in total. The second-order valence-corrected chi connectivity index (χ2v) is 7.75. The number of aromatic nitrogens is 3. The zero-order valence-electron chi connectivity index (χ0n) is 14.9. The Bertz CT molecular complexity index is 1060. The second kappa shape index (κ2) is 7.58. The van der Waals surface area contributed by atoms with Gasteiger partial charge >= 0.3 is 0 Å². The van der Waals surface area contributed by atoms with E-state index in [1.54, 1.807) is 4.68 Å². The smallest absolute Gasteiger partial charge is 0.264 e. The molecule has 9 heteroatoms. The minimum Gasteiger partial charge on any atom is -0.326 e. The van der Waals surface area contributed by atoms with Crippen molar-refractivity contribution in [2.24, 2.45) is 0 Å². The molecule has 0 saturated carbocycles. The molecule has 0 aliphatic heterocycles. The van der Waals surface area contributed by atoms with Crippen LogP contribution in [0.4, 0.5) is 11.6 Å². The number of nitrogens with one attached hydrogen (secondary N) is 2. The van der Waals surface area contributed by atoms with E-state index in [1.807, 2.05) is 31.2 Å². The molecule has 2 N–H and O–H groups in total. The molecule has 1 amide bonds. The normalized spacial score (nSPS) is 11.2. The summed E-state index contributed by atoms with van der Waals surface area (Å²) in [6.45, 7) is 3.87. The maximum atomic E-state index is 12.5. The van der Waals surface area contributed by atoms with Gasteiger partial charge in [0.25, 0.3) is 16.0 Å². The van der Waals surface area contributed by atoms with Crippen molar-refractivity contribution in [3.63, 3.8) is 0 Å². The molecule has 0 aliphatic rings. The van der Waals surface area contributed by atoms with Crippen molar-refractivity contribution in [2.75, 3.05) is 10.0 Å². The molecule has 0 fully saturated rings. The first-order valence-electron chi connectivity index (χ1n) is 8.17. The van der Waals surface area contributed by atoms with Crippen LogP contribution in [0, 0.1) is 6.92 Å². The van der Waals surface area contributed by atoms with Crippen LogP contribution >= 0.6 is 0 Å². The highest BCUT2D eigenvalue weighted by Gasteiger charge is 2.16. The van der Waals surface area contributed by atoms with E-state index < -0.39 is 10.0 Å². The lowest BCUT2D eigenvalue weighted by Crippen LogP contribution is -2.14. The zero-order valence-corrected chi connectivity index (χ0v) is 15.7. The second-order valence-electron chi connectivity index (χ2n) is 6.07. The number of carbonyl (C=O) groups is 1. The highest BCUT2D eigenvalue weighted by Crippen LogP contribution is 2.16. The molecule has 1 aromatic heterocycles. The lowest BCUT2D eigenvalue weighted by Gasteiger charge is -2.06. The first-order valence-corrected chi connectivity index (χ1v) is 9.65. The van der Waals surface area contributed by atoms with Crippen LogP contribution in [0.25, 0.3) is 0 Å². The summed E-state index contributed by atoms with van der Waals surface area (Å²) in [5, 5.41) is 6.74. The summed E-state index contributed by atoms with van der Waals surface area (Å²) in [6, 6.07) is 13.8. The van der Waals surface area contributed by atoms with Gasteiger partial charge < -0.3 is 5.32 Å². The van der Waals surface area contributed by atoms with Crippen LogP contribution in [-0.2, 0) is 21.4 Å². The zero-order chi connectivity index (χ0) is 19.4. The fraction of sp³-hybridized carbons (Fsp3) is 0.167. The molecule has 140 valence electrons. The van der Waals surface area contributed by atoms with Crippen LogP contribution in [0.3, 0.4) is 0 Å². The summed E-state index contributed by atoms with van der Waals surface area (Å²) in [6.07, 6.45) is 1.47. The lowest BCUT2D eigenvalue weighted by atomic mass is 10.1. The van der Waals surface area contributed by atoms with Crippen LogP contribution in [0.2, 0.25) is 0 Å². The summed E-state index contributed by atoms with van der Waals surface area (Å²) in [5.74, 6) is -0.235. The molecular weight excluding hydrogens is 366 g/mol. The van der Waals surface area contributed by atoms with Crippen LogP contribution in [0.15, 0.2) is 59.8 Å². The summed E-state index contributed by atoms with van der Waals surface area (Å²) in [4.78, 5) is 15.1. The van der Waals surface area contributed by atoms with Crippen LogP contribution in [0.5, 0.6) is 0 Å². The van der Waals surface area contributed by atoms with Gasteiger partial charge in [-0.15, -0.1) is 5.10 Å². The Morgan fingerprint density at radius 2 is 1.89 bits per heavy atom. The SMILES string of the molecule is CC(=O)Nc1ccc(S(=O)(=O)Nc2ncn(Cc3cccc(C)c3)n2)cc1. The Morgan fingerprint density at radius 1 is 1.15 bits per heavy atom. The van der Waals surface area contributed by atoms with Gasteiger partial charge in [-0.2, -0.15) is 4.98 Å². The number of carbonyl (C=O) groups excluding carboxylic acids is 1. The molecule has 3 aromatic rings. The minimum absolute atomic E-state index is 0.00593. The molecule has 0 aliphatic carbocycles. The number of aryl methyl sites for hydroxylation is 1. The van der Waals surface area contributed by atoms with Crippen molar-refractivity contribution < 1.29 is 13.2 Å². The summed E-state index contributed by atoms with van der Waals surface area (Å²) in [5.41, 5.74) is 2.70. The highest BCUT2D eigenvalue weighted by atomic mass is 32.2. The van der Waals surface area contributed by atoms with Crippen molar-refractivity contribution in [1.82, 2.24) is 14.8 Å². The number of nitrogens with zero attached hydrogens (tertiary/aromatic N) is 3. The number of anilines is 2. The number of amides is 1. The molecule has 0 bridgehead atoms. The van der Waals surface area contributed by atoms with Gasteiger partial charge in [-0.3, -0.25) is 4.79 Å². The van der Waals surface area contributed by atoms with Gasteiger partial charge in [-0.05, 0) is 36.8 Å². The molecule has 0 spiro atoms. The van der Waals surface area contributed by atoms with Crippen molar-refractivity contribution in [3.05, 3.63) is 66.0 Å². The molecule has 3 rings (SSSR count). The number of hydrogen-bond donors (Lipinski definition) is 2. The maximum absolute atomic E-state index is 12.5. The van der Waals surface area contributed by atoms with E-state index in [2.05, 4.69) is 20.1 Å². The van der Waals surface area contributed by atoms with Crippen LogP contribution < -0.4 is 10.0 Å². The van der Waals surface area contributed by atoms with Gasteiger partial charge in [0.05, 0.1) is 11.4 Å². The molecule has 27 heavy (non-hydrogen) atoms. The van der Waals surface area contributed by atoms with E-state index >= 15 is 0 Å². The first kappa shape index (κ1) is 18.6. The quantitative estimate of drug-likeness (QED) is 0.678. The molecule has 2 aromatic carbocycles. The average molecular weight is 385 g/mol. The molecule has 0 radical (unpaired) electrons. The fourth-order valence-corrected chi connectivity index (χ4v) is 3.46. The van der Waals surface area contributed by atoms with Gasteiger partial charge in [0.1, 0.15) is 6.33 Å². The lowest BCUT2D eigenvalue weighted by molar-refractivity contribution is -0.114. The van der Waals surface area contributed by atoms with E-state index in [9.17, 15) is 13.2 Å². The largest absolute Gasteiger partial charge is 0.326 e. The average Bonchev–Trinajstić information content (AvgIpc) is 3.01. The predicted molar refractivity (Wildman–Crippen MR) is 102 cm³/mol. The van der Waals surface area contributed by atoms with E-state index in [0.717, 1.165) is 11.1 Å². The molecule has 0 unspecified atom stereocenters. The Kier molecular flexibility index (Phi) is 5.22. The van der Waals surface area contributed by atoms with E-state index in [0.29, 0.717) is 12.2 Å². The molecule has 1 heterocycles. The van der Waals surface area contributed by atoms with Crippen molar-refractivity contribution in [2.45, 2.75) is 25.3 Å². The summed E-state index contributed by atoms with van der Waals surface area (Å²) < 4.78 is 28.8. The standard InChI is InChI=1S/C18H19N5O3S/c1-13-4-3-5-15(10-13)11-23-12-19-18(21-23)22-27(25,26)17-8-6-16(7-9-17)20-14(2)24/h3-10,12H,11H2,1-2H3,(H,20,24)(H,21,22). The number of rotatable bonds is 6. The highest BCUT2D eigenvalue weighted by molar-refractivity contribution is 7.92. The molecular formula is C18H19N5O3S. The molecule has 0 saturated heterocycles. The molecule has 0 atom stereocenters. The summed E-state index contributed by atoms with van der Waals surface area (Å²) in [7, 11) is -3.83. The Morgan fingerprint density at radius 3 is 2.56 bits per heavy atom. The third kappa shape index (κ3) is 4.91. The van der Waals surface area contributed by atoms with E-state index in [4.69, 9.17) is 0 Å². The monoisotopic (exact) mass is 385 g/mol. The Labute approximate surface area is 157 Å². The van der Waals surface area contributed by atoms with Gasteiger partial charge in [-0.25, -0.2) is 17.8 Å². The number of sulfonamides is 1. The third-order valence-corrected chi connectivity index (χ3v) is 5.02. The van der Waals surface area contributed by atoms with Gasteiger partial charge in [0.15, 0.2) is 0 Å². The van der Waals surface area contributed by atoms with Gasteiger partial charge in [0, 0.05) is 12.6 Å². The third-order valence-electron chi connectivity index (χ3n) is 3.67. The van der Waals surface area contributed by atoms with Crippen molar-refractivity contribution in [1.29, 1.82) is 0 Å². The Hall–Kier alpha value is -3.20.